The molecule has 0 radical (unpaired) electrons. The van der Waals surface area contributed by atoms with Crippen LogP contribution in [0.25, 0.3) is 5.71 Å². The zero-order chi connectivity index (χ0) is 11.8. The van der Waals surface area contributed by atoms with Gasteiger partial charge in [-0.1, -0.05) is 0 Å². The van der Waals surface area contributed by atoms with Crippen LogP contribution < -0.4 is 0 Å². The molecule has 0 unspecified atom stereocenters. The number of carbonyl (C=O) groups is 1. The molecule has 3 rings (SSSR count). The zero-order valence-electron chi connectivity index (χ0n) is 9.73. The molecule has 0 fully saturated rings. The van der Waals surface area contributed by atoms with E-state index in [9.17, 15) is 4.79 Å². The summed E-state index contributed by atoms with van der Waals surface area (Å²) in [5.74, 6) is 0.616. The van der Waals surface area contributed by atoms with Gasteiger partial charge in [0.25, 0.3) is 0 Å². The lowest BCUT2D eigenvalue weighted by Gasteiger charge is -2.07. The molecule has 0 N–H and O–H groups in total. The molecule has 0 amide bonds. The zero-order valence-corrected chi connectivity index (χ0v) is 9.73. The van der Waals surface area contributed by atoms with E-state index in [-0.39, 0.29) is 0 Å². The van der Waals surface area contributed by atoms with Gasteiger partial charge in [0, 0.05) is 12.5 Å². The number of rotatable bonds is 2. The lowest BCUT2D eigenvalue weighted by Crippen LogP contribution is -2.08. The predicted octanol–water partition coefficient (Wildman–Crippen LogP) is 1.98. The van der Waals surface area contributed by atoms with Gasteiger partial charge in [-0.15, -0.1) is 0 Å². The summed E-state index contributed by atoms with van der Waals surface area (Å²) in [6.45, 7) is 2.13. The molecule has 0 aromatic carbocycles. The molecule has 5 heteroatoms. The van der Waals surface area contributed by atoms with Gasteiger partial charge in [0.05, 0.1) is 12.3 Å². The van der Waals surface area contributed by atoms with Crippen molar-refractivity contribution in [2.45, 2.75) is 32.6 Å². The molecular weight excluding hydrogens is 220 g/mol. The first-order valence-electron chi connectivity index (χ1n) is 5.97. The maximum Gasteiger partial charge on any atom is 0.358 e. The van der Waals surface area contributed by atoms with Crippen LogP contribution in [-0.4, -0.2) is 22.2 Å². The van der Waals surface area contributed by atoms with E-state index in [1.807, 2.05) is 0 Å². The third kappa shape index (κ3) is 1.62. The van der Waals surface area contributed by atoms with Gasteiger partial charge < -0.3 is 9.15 Å². The molecule has 1 aliphatic rings. The molecule has 0 saturated carbocycles. The Morgan fingerprint density at radius 3 is 3.18 bits per heavy atom. The normalized spacial score (nSPS) is 14.9. The first-order chi connectivity index (χ1) is 8.29. The van der Waals surface area contributed by atoms with E-state index in [2.05, 4.69) is 5.10 Å². The molecule has 0 aliphatic heterocycles. The van der Waals surface area contributed by atoms with Crippen LogP contribution in [0.5, 0.6) is 0 Å². The molecule has 0 spiro atoms. The summed E-state index contributed by atoms with van der Waals surface area (Å²) in [7, 11) is 0. The molecular formula is C12H14N2O3. The van der Waals surface area contributed by atoms with Crippen molar-refractivity contribution >= 4 is 11.7 Å². The topological polar surface area (TPSA) is 56.7 Å². The minimum absolute atomic E-state index is 0.318. The van der Waals surface area contributed by atoms with Gasteiger partial charge in [0.1, 0.15) is 5.76 Å². The quantitative estimate of drug-likeness (QED) is 0.745. The average Bonchev–Trinajstić information content (AvgIpc) is 2.86. The number of aryl methyl sites for hydroxylation is 2. The Balaban J connectivity index is 2.03. The van der Waals surface area contributed by atoms with Crippen LogP contribution in [0.4, 0.5) is 0 Å². The maximum absolute atomic E-state index is 11.5. The Labute approximate surface area is 98.4 Å². The second kappa shape index (κ2) is 3.91. The fourth-order valence-electron chi connectivity index (χ4n) is 2.26. The first-order valence-corrected chi connectivity index (χ1v) is 5.97. The highest BCUT2D eigenvalue weighted by molar-refractivity contribution is 5.88. The molecule has 1 aliphatic carbocycles. The van der Waals surface area contributed by atoms with Crippen molar-refractivity contribution < 1.29 is 13.9 Å². The van der Waals surface area contributed by atoms with Crippen molar-refractivity contribution in [1.82, 2.24) is 9.61 Å². The van der Waals surface area contributed by atoms with E-state index in [0.717, 1.165) is 37.1 Å². The Morgan fingerprint density at radius 2 is 2.35 bits per heavy atom. The van der Waals surface area contributed by atoms with Gasteiger partial charge in [-0.05, 0) is 26.2 Å². The number of ether oxygens (including phenoxy) is 1. The lowest BCUT2D eigenvalue weighted by atomic mass is 10.0. The van der Waals surface area contributed by atoms with Crippen LogP contribution in [-0.2, 0) is 17.6 Å². The Morgan fingerprint density at radius 1 is 1.53 bits per heavy atom. The third-order valence-electron chi connectivity index (χ3n) is 3.03. The van der Waals surface area contributed by atoms with E-state index < -0.39 is 5.97 Å². The highest BCUT2D eigenvalue weighted by Gasteiger charge is 2.21. The number of esters is 1. The summed E-state index contributed by atoms with van der Waals surface area (Å²) in [6, 6.07) is 1.65. The second-order valence-electron chi connectivity index (χ2n) is 4.18. The average molecular weight is 234 g/mol. The van der Waals surface area contributed by atoms with E-state index in [4.69, 9.17) is 9.15 Å². The van der Waals surface area contributed by atoms with Crippen molar-refractivity contribution in [3.8, 4) is 0 Å². The number of carbonyl (C=O) groups excluding carboxylic acids is 1. The van der Waals surface area contributed by atoms with Crippen molar-refractivity contribution in [1.29, 1.82) is 0 Å². The molecule has 5 nitrogen and oxygen atoms in total. The van der Waals surface area contributed by atoms with E-state index in [0.29, 0.717) is 18.0 Å². The van der Waals surface area contributed by atoms with Gasteiger partial charge >= 0.3 is 5.97 Å². The molecule has 90 valence electrons. The molecule has 0 bridgehead atoms. The Kier molecular flexibility index (Phi) is 2.39. The highest BCUT2D eigenvalue weighted by atomic mass is 16.5. The molecule has 2 aromatic heterocycles. The van der Waals surface area contributed by atoms with E-state index in [1.54, 1.807) is 17.5 Å². The van der Waals surface area contributed by atoms with Gasteiger partial charge in [0.15, 0.2) is 5.69 Å². The maximum atomic E-state index is 11.5. The number of oxazole rings is 1. The number of hydrogen-bond donors (Lipinski definition) is 0. The SMILES string of the molecule is CCOC(=O)c1cc2oc3c(n2n1)CCCC3. The summed E-state index contributed by atoms with van der Waals surface area (Å²) < 4.78 is 12.3. The summed E-state index contributed by atoms with van der Waals surface area (Å²) >= 11 is 0. The number of aromatic nitrogens is 2. The van der Waals surface area contributed by atoms with Crippen LogP contribution in [0.15, 0.2) is 10.5 Å². The van der Waals surface area contributed by atoms with Crippen molar-refractivity contribution in [2.75, 3.05) is 6.61 Å². The summed E-state index contributed by atoms with van der Waals surface area (Å²) in [5, 5.41) is 4.25. The number of hydrogen-bond acceptors (Lipinski definition) is 4. The molecule has 17 heavy (non-hydrogen) atoms. The standard InChI is InChI=1S/C12H14N2O3/c1-2-16-12(15)8-7-11-14(13-8)9-5-3-4-6-10(9)17-11/h7H,2-6H2,1H3. The lowest BCUT2D eigenvalue weighted by molar-refractivity contribution is 0.0519. The first kappa shape index (κ1) is 10.4. The summed E-state index contributed by atoms with van der Waals surface area (Å²) in [5.41, 5.74) is 2.06. The predicted molar refractivity (Wildman–Crippen MR) is 60.1 cm³/mol. The van der Waals surface area contributed by atoms with E-state index >= 15 is 0 Å². The van der Waals surface area contributed by atoms with Gasteiger partial charge in [-0.3, -0.25) is 0 Å². The van der Waals surface area contributed by atoms with E-state index in [1.165, 1.54) is 0 Å². The Bertz CT molecular complexity index is 568. The fourth-order valence-corrected chi connectivity index (χ4v) is 2.26. The van der Waals surface area contributed by atoms with Crippen LogP contribution in [0, 0.1) is 0 Å². The molecule has 0 saturated heterocycles. The molecule has 0 atom stereocenters. The summed E-state index contributed by atoms with van der Waals surface area (Å²) in [4.78, 5) is 11.5. The molecule has 2 heterocycles. The smallest absolute Gasteiger partial charge is 0.358 e. The largest absolute Gasteiger partial charge is 0.461 e. The van der Waals surface area contributed by atoms with Crippen molar-refractivity contribution in [3.05, 3.63) is 23.2 Å². The van der Waals surface area contributed by atoms with Gasteiger partial charge in [-0.2, -0.15) is 5.10 Å². The van der Waals surface area contributed by atoms with Crippen LogP contribution in [0.1, 0.15) is 41.7 Å². The monoisotopic (exact) mass is 234 g/mol. The number of nitrogens with zero attached hydrogens (tertiary/aromatic N) is 2. The second-order valence-corrected chi connectivity index (χ2v) is 4.18. The summed E-state index contributed by atoms with van der Waals surface area (Å²) in [6.07, 6.45) is 4.24. The number of fused-ring (bicyclic) bond motifs is 3. The van der Waals surface area contributed by atoms with Crippen LogP contribution in [0.2, 0.25) is 0 Å². The highest BCUT2D eigenvalue weighted by Crippen LogP contribution is 2.25. The molecule has 2 aromatic rings. The third-order valence-corrected chi connectivity index (χ3v) is 3.03. The minimum Gasteiger partial charge on any atom is -0.461 e. The fraction of sp³-hybridized carbons (Fsp3) is 0.500. The van der Waals surface area contributed by atoms with Crippen molar-refractivity contribution in [2.24, 2.45) is 0 Å². The van der Waals surface area contributed by atoms with Gasteiger partial charge in [-0.25, -0.2) is 9.31 Å². The van der Waals surface area contributed by atoms with Crippen LogP contribution in [0.3, 0.4) is 0 Å². The minimum atomic E-state index is -0.393. The van der Waals surface area contributed by atoms with Crippen LogP contribution >= 0.6 is 0 Å². The Hall–Kier alpha value is -1.78. The van der Waals surface area contributed by atoms with Crippen molar-refractivity contribution in [3.63, 3.8) is 0 Å². The van der Waals surface area contributed by atoms with Gasteiger partial charge in [0.2, 0.25) is 5.71 Å².